The Kier molecular flexibility index (Phi) is 4.99. The van der Waals surface area contributed by atoms with Crippen molar-refractivity contribution in [1.29, 1.82) is 5.26 Å². The summed E-state index contributed by atoms with van der Waals surface area (Å²) in [5.41, 5.74) is -1.11. The van der Waals surface area contributed by atoms with Gasteiger partial charge in [-0.25, -0.2) is 8.42 Å². The largest absolute Gasteiger partial charge is 0.339 e. The van der Waals surface area contributed by atoms with Gasteiger partial charge in [-0.3, -0.25) is 4.79 Å². The Bertz CT molecular complexity index is 747. The van der Waals surface area contributed by atoms with Gasteiger partial charge in [-0.05, 0) is 26.0 Å². The Morgan fingerprint density at radius 3 is 2.30 bits per heavy atom. The molecular weight excluding hydrogens is 338 g/mol. The Balaban J connectivity index is 2.12. The zero-order chi connectivity index (χ0) is 17.3. The minimum atomic E-state index is -3.68. The van der Waals surface area contributed by atoms with E-state index in [0.717, 1.165) is 0 Å². The molecule has 0 radical (unpaired) electrons. The Morgan fingerprint density at radius 2 is 1.78 bits per heavy atom. The third-order valence-corrected chi connectivity index (χ3v) is 6.19. The van der Waals surface area contributed by atoms with E-state index in [1.807, 2.05) is 6.07 Å². The first-order valence-corrected chi connectivity index (χ1v) is 8.97. The molecule has 1 aliphatic rings. The van der Waals surface area contributed by atoms with Crippen molar-refractivity contribution in [2.75, 3.05) is 26.2 Å². The zero-order valence-corrected chi connectivity index (χ0v) is 14.6. The van der Waals surface area contributed by atoms with Crippen LogP contribution in [-0.2, 0) is 14.8 Å². The van der Waals surface area contributed by atoms with E-state index < -0.39 is 15.4 Å². The fourth-order valence-electron chi connectivity index (χ4n) is 2.37. The van der Waals surface area contributed by atoms with Crippen LogP contribution in [0.4, 0.5) is 0 Å². The fraction of sp³-hybridized carbons (Fsp3) is 0.467. The van der Waals surface area contributed by atoms with E-state index in [4.69, 9.17) is 16.9 Å². The number of hydrogen-bond acceptors (Lipinski definition) is 4. The van der Waals surface area contributed by atoms with Crippen LogP contribution >= 0.6 is 11.6 Å². The number of piperazine rings is 1. The minimum absolute atomic E-state index is 0.0683. The number of benzene rings is 1. The van der Waals surface area contributed by atoms with Gasteiger partial charge in [0.1, 0.15) is 10.3 Å². The summed E-state index contributed by atoms with van der Waals surface area (Å²) in [5.74, 6) is -0.283. The maximum absolute atomic E-state index is 12.6. The molecule has 1 aromatic rings. The molecule has 0 aromatic heterocycles. The molecule has 1 amide bonds. The third-order valence-electron chi connectivity index (χ3n) is 3.79. The molecule has 6 nitrogen and oxygen atoms in total. The van der Waals surface area contributed by atoms with Crippen LogP contribution in [-0.4, -0.2) is 49.7 Å². The normalized spacial score (nSPS) is 16.9. The van der Waals surface area contributed by atoms with Crippen molar-refractivity contribution in [3.63, 3.8) is 0 Å². The van der Waals surface area contributed by atoms with E-state index in [-0.39, 0.29) is 42.0 Å². The molecular formula is C15H18ClN3O3S. The molecule has 1 aliphatic heterocycles. The second-order valence-corrected chi connectivity index (χ2v) is 8.18. The van der Waals surface area contributed by atoms with Crippen LogP contribution in [0.3, 0.4) is 0 Å². The summed E-state index contributed by atoms with van der Waals surface area (Å²) in [6.07, 6.45) is 0. The Hall–Kier alpha value is -1.62. The molecule has 0 spiro atoms. The van der Waals surface area contributed by atoms with Gasteiger partial charge in [0.05, 0.1) is 11.1 Å². The molecule has 1 saturated heterocycles. The molecule has 8 heteroatoms. The lowest BCUT2D eigenvalue weighted by Crippen LogP contribution is -2.53. The average Bonchev–Trinajstić information content (AvgIpc) is 2.54. The van der Waals surface area contributed by atoms with Crippen LogP contribution in [0.25, 0.3) is 0 Å². The smallest absolute Gasteiger partial charge is 0.244 e. The molecule has 1 fully saturated rings. The quantitative estimate of drug-likeness (QED) is 0.826. The SMILES string of the molecule is CC(C)(C#N)C(=O)N1CCN(S(=O)(=O)c2ccccc2Cl)CC1. The molecule has 0 saturated carbocycles. The van der Waals surface area contributed by atoms with E-state index in [2.05, 4.69) is 0 Å². The number of nitriles is 1. The number of carbonyl (C=O) groups excluding carboxylic acids is 1. The average molecular weight is 356 g/mol. The topological polar surface area (TPSA) is 81.5 Å². The highest BCUT2D eigenvalue weighted by molar-refractivity contribution is 7.89. The van der Waals surface area contributed by atoms with Crippen molar-refractivity contribution in [3.8, 4) is 6.07 Å². The predicted molar refractivity (Wildman–Crippen MR) is 86.2 cm³/mol. The number of nitrogens with zero attached hydrogens (tertiary/aromatic N) is 3. The molecule has 1 heterocycles. The molecule has 0 N–H and O–H groups in total. The lowest BCUT2D eigenvalue weighted by Gasteiger charge is -2.36. The maximum Gasteiger partial charge on any atom is 0.244 e. The van der Waals surface area contributed by atoms with Gasteiger partial charge in [-0.15, -0.1) is 0 Å². The van der Waals surface area contributed by atoms with E-state index in [9.17, 15) is 13.2 Å². The number of hydrogen-bond donors (Lipinski definition) is 0. The molecule has 0 atom stereocenters. The molecule has 2 rings (SSSR count). The fourth-order valence-corrected chi connectivity index (χ4v) is 4.28. The number of halogens is 1. The first-order valence-electron chi connectivity index (χ1n) is 7.15. The third kappa shape index (κ3) is 3.50. The maximum atomic E-state index is 12.6. The van der Waals surface area contributed by atoms with Crippen molar-refractivity contribution < 1.29 is 13.2 Å². The summed E-state index contributed by atoms with van der Waals surface area (Å²) in [4.78, 5) is 13.8. The van der Waals surface area contributed by atoms with Crippen LogP contribution in [0.15, 0.2) is 29.2 Å². The van der Waals surface area contributed by atoms with Gasteiger partial charge in [0.15, 0.2) is 0 Å². The van der Waals surface area contributed by atoms with Gasteiger partial charge >= 0.3 is 0 Å². The molecule has 0 aliphatic carbocycles. The van der Waals surface area contributed by atoms with Crippen LogP contribution in [0, 0.1) is 16.7 Å². The summed E-state index contributed by atoms with van der Waals surface area (Å²) < 4.78 is 26.6. The molecule has 124 valence electrons. The van der Waals surface area contributed by atoms with Crippen molar-refractivity contribution in [3.05, 3.63) is 29.3 Å². The van der Waals surface area contributed by atoms with Crippen molar-refractivity contribution in [2.45, 2.75) is 18.7 Å². The first kappa shape index (κ1) is 17.7. The zero-order valence-electron chi connectivity index (χ0n) is 13.0. The Labute approximate surface area is 141 Å². The minimum Gasteiger partial charge on any atom is -0.339 e. The molecule has 0 bridgehead atoms. The van der Waals surface area contributed by atoms with Gasteiger partial charge in [0.25, 0.3) is 0 Å². The lowest BCUT2D eigenvalue weighted by molar-refractivity contribution is -0.138. The standard InChI is InChI=1S/C15H18ClN3O3S/c1-15(2,11-17)14(20)18-7-9-19(10-8-18)23(21,22)13-6-4-3-5-12(13)16/h3-6H,7-10H2,1-2H3. The van der Waals surface area contributed by atoms with Crippen molar-refractivity contribution in [1.82, 2.24) is 9.21 Å². The molecule has 0 unspecified atom stereocenters. The highest BCUT2D eigenvalue weighted by Crippen LogP contribution is 2.26. The van der Waals surface area contributed by atoms with E-state index in [0.29, 0.717) is 0 Å². The van der Waals surface area contributed by atoms with Crippen molar-refractivity contribution in [2.24, 2.45) is 5.41 Å². The number of amides is 1. The second kappa shape index (κ2) is 6.48. The summed E-state index contributed by atoms with van der Waals surface area (Å²) in [6, 6.07) is 8.26. The van der Waals surface area contributed by atoms with E-state index in [1.54, 1.807) is 26.0 Å². The summed E-state index contributed by atoms with van der Waals surface area (Å²) >= 11 is 5.98. The highest BCUT2D eigenvalue weighted by Gasteiger charge is 2.36. The summed E-state index contributed by atoms with van der Waals surface area (Å²) in [7, 11) is -3.68. The molecule has 1 aromatic carbocycles. The summed E-state index contributed by atoms with van der Waals surface area (Å²) in [5, 5.41) is 9.21. The lowest BCUT2D eigenvalue weighted by atomic mass is 9.93. The Morgan fingerprint density at radius 1 is 1.22 bits per heavy atom. The number of carbonyl (C=O) groups is 1. The van der Waals surface area contributed by atoms with E-state index in [1.165, 1.54) is 21.3 Å². The van der Waals surface area contributed by atoms with Crippen LogP contribution in [0.2, 0.25) is 5.02 Å². The van der Waals surface area contributed by atoms with Gasteiger partial charge < -0.3 is 4.90 Å². The van der Waals surface area contributed by atoms with Gasteiger partial charge in [-0.1, -0.05) is 23.7 Å². The van der Waals surface area contributed by atoms with Crippen LogP contribution in [0.1, 0.15) is 13.8 Å². The summed E-state index contributed by atoms with van der Waals surface area (Å²) in [6.45, 7) is 3.99. The van der Waals surface area contributed by atoms with Crippen LogP contribution < -0.4 is 0 Å². The van der Waals surface area contributed by atoms with Crippen LogP contribution in [0.5, 0.6) is 0 Å². The van der Waals surface area contributed by atoms with Gasteiger partial charge in [0, 0.05) is 26.2 Å². The van der Waals surface area contributed by atoms with Crippen molar-refractivity contribution >= 4 is 27.5 Å². The van der Waals surface area contributed by atoms with Gasteiger partial charge in [0.2, 0.25) is 15.9 Å². The highest BCUT2D eigenvalue weighted by atomic mass is 35.5. The molecule has 23 heavy (non-hydrogen) atoms. The first-order chi connectivity index (χ1) is 10.7. The monoisotopic (exact) mass is 355 g/mol. The van der Waals surface area contributed by atoms with Gasteiger partial charge in [-0.2, -0.15) is 9.57 Å². The second-order valence-electron chi connectivity index (χ2n) is 5.86. The number of sulfonamides is 1. The predicted octanol–water partition coefficient (Wildman–Crippen LogP) is 1.72. The van der Waals surface area contributed by atoms with E-state index >= 15 is 0 Å². The number of rotatable bonds is 3.